The first-order valence-electron chi connectivity index (χ1n) is 7.12. The van der Waals surface area contributed by atoms with E-state index in [1.807, 2.05) is 60.7 Å². The summed E-state index contributed by atoms with van der Waals surface area (Å²) in [5.41, 5.74) is 0.420. The van der Waals surface area contributed by atoms with E-state index < -0.39 is 11.4 Å². The Hall–Kier alpha value is -2.60. The van der Waals surface area contributed by atoms with Crippen molar-refractivity contribution in [3.05, 3.63) is 71.8 Å². The minimum absolute atomic E-state index is 0.287. The van der Waals surface area contributed by atoms with Gasteiger partial charge in [0.05, 0.1) is 0 Å². The molecule has 0 spiro atoms. The molecule has 0 N–H and O–H groups in total. The van der Waals surface area contributed by atoms with Crippen molar-refractivity contribution in [2.45, 2.75) is 25.2 Å². The maximum Gasteiger partial charge on any atom is 0.338 e. The Morgan fingerprint density at radius 3 is 2.18 bits per heavy atom. The zero-order chi connectivity index (χ0) is 15.6. The summed E-state index contributed by atoms with van der Waals surface area (Å²) >= 11 is 0. The summed E-state index contributed by atoms with van der Waals surface area (Å²) < 4.78 is 20.7. The van der Waals surface area contributed by atoms with Crippen LogP contribution in [0, 0.1) is 11.8 Å². The van der Waals surface area contributed by atoms with Crippen molar-refractivity contribution in [3.63, 3.8) is 0 Å². The van der Waals surface area contributed by atoms with Gasteiger partial charge in [-0.05, 0) is 44.0 Å². The summed E-state index contributed by atoms with van der Waals surface area (Å²) in [5, 5.41) is 0. The van der Waals surface area contributed by atoms with Gasteiger partial charge < -0.3 is 4.74 Å². The molecule has 1 atom stereocenters. The second-order valence-corrected chi connectivity index (χ2v) is 5.66. The van der Waals surface area contributed by atoms with Gasteiger partial charge in [0, 0.05) is 11.1 Å². The van der Waals surface area contributed by atoms with Gasteiger partial charge in [0.1, 0.15) is 5.54 Å². The van der Waals surface area contributed by atoms with E-state index in [0.29, 0.717) is 0 Å². The molecule has 0 amide bonds. The number of hydrogen-bond donors (Lipinski definition) is 0. The van der Waals surface area contributed by atoms with E-state index in [0.717, 1.165) is 11.1 Å². The van der Waals surface area contributed by atoms with Crippen molar-refractivity contribution in [2.24, 2.45) is 4.99 Å². The number of rotatable bonds is 1. The van der Waals surface area contributed by atoms with Crippen LogP contribution in [0.15, 0.2) is 65.7 Å². The highest BCUT2D eigenvalue weighted by molar-refractivity contribution is 5.96. The Morgan fingerprint density at radius 2 is 1.55 bits per heavy atom. The normalized spacial score (nSPS) is 22.2. The molecule has 0 aliphatic carbocycles. The van der Waals surface area contributed by atoms with Crippen LogP contribution >= 0.6 is 0 Å². The fraction of sp³-hybridized carbons (Fsp3) is 0.211. The zero-order valence-electron chi connectivity index (χ0n) is 12.5. The van der Waals surface area contributed by atoms with Crippen molar-refractivity contribution >= 4 is 5.90 Å². The van der Waals surface area contributed by atoms with E-state index in [2.05, 4.69) is 16.8 Å². The first kappa shape index (κ1) is 14.3. The quantitative estimate of drug-likeness (QED) is 0.729. The van der Waals surface area contributed by atoms with Crippen molar-refractivity contribution in [1.29, 1.82) is 0 Å². The van der Waals surface area contributed by atoms with Gasteiger partial charge in [-0.25, -0.2) is 4.99 Å². The van der Waals surface area contributed by atoms with Gasteiger partial charge in [0.25, 0.3) is 0 Å². The van der Waals surface area contributed by atoms with E-state index in [1.54, 1.807) is 13.8 Å². The second-order valence-electron chi connectivity index (χ2n) is 5.66. The Balaban J connectivity index is 1.92. The van der Waals surface area contributed by atoms with Crippen LogP contribution in [-0.2, 0) is 4.74 Å². The second kappa shape index (κ2) is 5.31. The van der Waals surface area contributed by atoms with E-state index in [1.165, 1.54) is 0 Å². The monoisotopic (exact) mass is 293 g/mol. The lowest BCUT2D eigenvalue weighted by atomic mass is 9.96. The molecule has 1 heterocycles. The number of nitrogens with zero attached hydrogens (tertiary/aromatic N) is 1. The highest BCUT2D eigenvalue weighted by atomic mass is 19.2. The van der Waals surface area contributed by atoms with Crippen molar-refractivity contribution < 1.29 is 9.13 Å². The molecule has 22 heavy (non-hydrogen) atoms. The van der Waals surface area contributed by atoms with Crippen LogP contribution in [0.2, 0.25) is 0 Å². The molecule has 110 valence electrons. The summed E-state index contributed by atoms with van der Waals surface area (Å²) in [7, 11) is 0. The lowest BCUT2D eigenvalue weighted by Crippen LogP contribution is -2.41. The third-order valence-electron chi connectivity index (χ3n) is 3.57. The van der Waals surface area contributed by atoms with Crippen molar-refractivity contribution in [2.75, 3.05) is 0 Å². The lowest BCUT2D eigenvalue weighted by molar-refractivity contribution is -0.0453. The number of aliphatic imine (C=N–C) groups is 1. The Bertz CT molecular complexity index is 756. The van der Waals surface area contributed by atoms with E-state index in [-0.39, 0.29) is 5.90 Å². The lowest BCUT2D eigenvalue weighted by Gasteiger charge is -2.25. The predicted molar refractivity (Wildman–Crippen MR) is 85.3 cm³/mol. The summed E-state index contributed by atoms with van der Waals surface area (Å²) in [6, 6.07) is 18.6. The standard InChI is InChI=1S/C19H16FNO/c1-18(2)19(20,14-13-15-9-5-3-6-10-15)22-17(21-18)16-11-7-4-8-12-16/h3-12H,1-2H3. The molecule has 3 rings (SSSR count). The van der Waals surface area contributed by atoms with Gasteiger partial charge in [0.15, 0.2) is 0 Å². The minimum Gasteiger partial charge on any atom is -0.427 e. The Morgan fingerprint density at radius 1 is 0.955 bits per heavy atom. The third kappa shape index (κ3) is 2.60. The van der Waals surface area contributed by atoms with Crippen LogP contribution in [0.3, 0.4) is 0 Å². The number of ether oxygens (including phenoxy) is 1. The summed E-state index contributed by atoms with van der Waals surface area (Å²) in [4.78, 5) is 4.37. The topological polar surface area (TPSA) is 21.6 Å². The summed E-state index contributed by atoms with van der Waals surface area (Å²) in [6.45, 7) is 3.37. The molecule has 1 aliphatic rings. The van der Waals surface area contributed by atoms with Crippen molar-refractivity contribution in [1.82, 2.24) is 0 Å². The van der Waals surface area contributed by atoms with Gasteiger partial charge in [-0.2, -0.15) is 4.39 Å². The smallest absolute Gasteiger partial charge is 0.338 e. The number of halogens is 1. The summed E-state index contributed by atoms with van der Waals surface area (Å²) in [6.07, 6.45) is 0. The van der Waals surface area contributed by atoms with Crippen LogP contribution < -0.4 is 0 Å². The van der Waals surface area contributed by atoms with Crippen LogP contribution in [0.5, 0.6) is 0 Å². The third-order valence-corrected chi connectivity index (χ3v) is 3.57. The van der Waals surface area contributed by atoms with E-state index in [4.69, 9.17) is 4.74 Å². The molecule has 0 saturated heterocycles. The molecular weight excluding hydrogens is 277 g/mol. The minimum atomic E-state index is -2.14. The number of hydrogen-bond acceptors (Lipinski definition) is 2. The number of alkyl halides is 1. The van der Waals surface area contributed by atoms with Gasteiger partial charge in [-0.1, -0.05) is 42.3 Å². The molecule has 0 bridgehead atoms. The van der Waals surface area contributed by atoms with Crippen LogP contribution in [-0.4, -0.2) is 17.3 Å². The first-order valence-corrected chi connectivity index (χ1v) is 7.12. The zero-order valence-corrected chi connectivity index (χ0v) is 12.5. The molecule has 1 unspecified atom stereocenters. The molecule has 1 aliphatic heterocycles. The van der Waals surface area contributed by atoms with Crippen LogP contribution in [0.25, 0.3) is 0 Å². The van der Waals surface area contributed by atoms with E-state index >= 15 is 4.39 Å². The average Bonchev–Trinajstić information content (AvgIpc) is 2.78. The maximum atomic E-state index is 15.2. The summed E-state index contributed by atoms with van der Waals surface area (Å²) in [5.74, 6) is 3.58. The molecule has 0 saturated carbocycles. The molecule has 0 fully saturated rings. The molecule has 2 nitrogen and oxygen atoms in total. The van der Waals surface area contributed by atoms with Gasteiger partial charge in [-0.3, -0.25) is 0 Å². The molecule has 2 aromatic rings. The number of benzene rings is 2. The molecule has 0 radical (unpaired) electrons. The fourth-order valence-corrected chi connectivity index (χ4v) is 2.16. The highest BCUT2D eigenvalue weighted by Gasteiger charge is 2.53. The molecule has 0 aromatic heterocycles. The Kier molecular flexibility index (Phi) is 3.46. The van der Waals surface area contributed by atoms with Gasteiger partial charge in [-0.15, -0.1) is 0 Å². The molecule has 3 heteroatoms. The van der Waals surface area contributed by atoms with Gasteiger partial charge >= 0.3 is 5.85 Å². The maximum absolute atomic E-state index is 15.2. The van der Waals surface area contributed by atoms with Crippen LogP contribution in [0.4, 0.5) is 4.39 Å². The van der Waals surface area contributed by atoms with Gasteiger partial charge in [0.2, 0.25) is 5.90 Å². The molecule has 2 aromatic carbocycles. The fourth-order valence-electron chi connectivity index (χ4n) is 2.16. The average molecular weight is 293 g/mol. The Labute approximate surface area is 129 Å². The molecular formula is C19H16FNO. The largest absolute Gasteiger partial charge is 0.427 e. The SMILES string of the molecule is CC1(C)N=C(c2ccccc2)OC1(F)C#Cc1ccccc1. The van der Waals surface area contributed by atoms with Crippen molar-refractivity contribution in [3.8, 4) is 11.8 Å². The van der Waals surface area contributed by atoms with Crippen LogP contribution in [0.1, 0.15) is 25.0 Å². The van der Waals surface area contributed by atoms with E-state index in [9.17, 15) is 0 Å². The first-order chi connectivity index (χ1) is 10.5. The predicted octanol–water partition coefficient (Wildman–Crippen LogP) is 3.96. The highest BCUT2D eigenvalue weighted by Crippen LogP contribution is 2.38.